The minimum atomic E-state index is -1.54. The molecule has 2 atom stereocenters. The molecule has 9 heteroatoms. The second kappa shape index (κ2) is 10.7. The Bertz CT molecular complexity index is 1480. The second-order valence-electron chi connectivity index (χ2n) is 9.14. The van der Waals surface area contributed by atoms with E-state index in [2.05, 4.69) is 16.0 Å². The van der Waals surface area contributed by atoms with Crippen LogP contribution in [-0.2, 0) is 11.4 Å². The number of carbonyl (C=O) groups excluding carboxylic acids is 1. The number of Topliss-reactive ketones (excluding diaryl/α,β-unsaturated/α-hetero) is 1. The van der Waals surface area contributed by atoms with Crippen LogP contribution in [0.3, 0.4) is 0 Å². The summed E-state index contributed by atoms with van der Waals surface area (Å²) in [7, 11) is 0. The van der Waals surface area contributed by atoms with Crippen molar-refractivity contribution in [1.82, 2.24) is 9.29 Å². The molecule has 3 aromatic rings. The first kappa shape index (κ1) is 25.5. The van der Waals surface area contributed by atoms with E-state index in [0.717, 1.165) is 5.57 Å². The van der Waals surface area contributed by atoms with Crippen molar-refractivity contribution in [2.24, 2.45) is 16.1 Å². The van der Waals surface area contributed by atoms with Crippen LogP contribution in [0.2, 0.25) is 0 Å². The molecule has 0 bridgehead atoms. The number of piperidine rings is 1. The van der Waals surface area contributed by atoms with Gasteiger partial charge in [0.15, 0.2) is 10.7 Å². The monoisotopic (exact) mass is 525 g/mol. The number of aromatic nitrogens is 1. The van der Waals surface area contributed by atoms with Gasteiger partial charge in [-0.15, -0.1) is 4.31 Å². The van der Waals surface area contributed by atoms with Crippen molar-refractivity contribution in [2.75, 3.05) is 13.1 Å². The molecule has 7 nitrogen and oxygen atoms in total. The molecular formula is C29H24FN5O2S. The molecule has 5 rings (SSSR count). The maximum absolute atomic E-state index is 14.1. The molecular weight excluding hydrogens is 501 g/mol. The van der Waals surface area contributed by atoms with E-state index < -0.39 is 16.8 Å². The molecule has 1 fully saturated rings. The van der Waals surface area contributed by atoms with Crippen LogP contribution in [0.15, 0.2) is 106 Å². The lowest BCUT2D eigenvalue weighted by atomic mass is 9.64. The predicted molar refractivity (Wildman–Crippen MR) is 143 cm³/mol. The number of rotatable bonds is 5. The van der Waals surface area contributed by atoms with E-state index in [1.165, 1.54) is 18.3 Å². The van der Waals surface area contributed by atoms with Gasteiger partial charge in [-0.05, 0) is 91.4 Å². The number of halogens is 1. The number of nitrogens with zero attached hydrogens (tertiary/aromatic N) is 4. The number of carbonyl (C=O) groups is 1. The van der Waals surface area contributed by atoms with Gasteiger partial charge < -0.3 is 10.3 Å². The fraction of sp³-hybridized carbons (Fsp3) is 0.172. The average Bonchev–Trinajstić information content (AvgIpc) is 2.97. The summed E-state index contributed by atoms with van der Waals surface area (Å²) in [6, 6.07) is 19.7. The van der Waals surface area contributed by atoms with Crippen molar-refractivity contribution in [2.45, 2.75) is 17.7 Å². The van der Waals surface area contributed by atoms with Crippen LogP contribution in [0.1, 0.15) is 28.9 Å². The van der Waals surface area contributed by atoms with Crippen LogP contribution in [-0.4, -0.2) is 38.4 Å². The van der Waals surface area contributed by atoms with Gasteiger partial charge in [-0.3, -0.25) is 9.78 Å². The van der Waals surface area contributed by atoms with Crippen LogP contribution in [0.4, 0.5) is 10.1 Å². The summed E-state index contributed by atoms with van der Waals surface area (Å²) >= 11 is -1.54. The van der Waals surface area contributed by atoms with E-state index in [1.807, 2.05) is 6.08 Å². The second-order valence-corrected chi connectivity index (χ2v) is 10.6. The van der Waals surface area contributed by atoms with Crippen molar-refractivity contribution in [3.8, 4) is 6.07 Å². The average molecular weight is 526 g/mol. The van der Waals surface area contributed by atoms with Crippen LogP contribution in [0.25, 0.3) is 0 Å². The Hall–Kier alpha value is -4.10. The number of nitrogens with two attached hydrogens (primary N) is 1. The molecule has 1 aliphatic heterocycles. The van der Waals surface area contributed by atoms with E-state index in [9.17, 15) is 13.7 Å². The zero-order chi connectivity index (χ0) is 26.7. The molecule has 1 aromatic heterocycles. The summed E-state index contributed by atoms with van der Waals surface area (Å²) in [5.41, 5.74) is 8.52. The van der Waals surface area contributed by atoms with E-state index >= 15 is 0 Å². The molecule has 0 radical (unpaired) electrons. The summed E-state index contributed by atoms with van der Waals surface area (Å²) < 4.78 is 28.8. The highest BCUT2D eigenvalue weighted by atomic mass is 32.2. The summed E-state index contributed by atoms with van der Waals surface area (Å²) in [6.07, 6.45) is 5.65. The van der Waals surface area contributed by atoms with Gasteiger partial charge in [0.25, 0.3) is 0 Å². The first-order valence-electron chi connectivity index (χ1n) is 12.0. The van der Waals surface area contributed by atoms with Gasteiger partial charge >= 0.3 is 0 Å². The number of ketones is 1. The van der Waals surface area contributed by atoms with Gasteiger partial charge in [0, 0.05) is 12.7 Å². The molecule has 190 valence electrons. The fourth-order valence-corrected chi connectivity index (χ4v) is 6.16. The van der Waals surface area contributed by atoms with Gasteiger partial charge in [0.2, 0.25) is 0 Å². The third-order valence-corrected chi connectivity index (χ3v) is 8.31. The minimum absolute atomic E-state index is 0.175. The Morgan fingerprint density at radius 3 is 2.61 bits per heavy atom. The van der Waals surface area contributed by atoms with Gasteiger partial charge in [0.1, 0.15) is 11.5 Å². The molecule has 2 heterocycles. The zero-order valence-corrected chi connectivity index (χ0v) is 21.2. The highest BCUT2D eigenvalue weighted by molar-refractivity contribution is 7.89. The number of pyridine rings is 1. The van der Waals surface area contributed by atoms with Crippen LogP contribution in [0.5, 0.6) is 0 Å². The van der Waals surface area contributed by atoms with Crippen molar-refractivity contribution < 1.29 is 13.7 Å². The van der Waals surface area contributed by atoms with Crippen LogP contribution >= 0.6 is 0 Å². The van der Waals surface area contributed by atoms with Gasteiger partial charge in [-0.1, -0.05) is 11.6 Å². The molecule has 1 saturated heterocycles. The molecule has 2 aromatic carbocycles. The van der Waals surface area contributed by atoms with E-state index in [0.29, 0.717) is 46.1 Å². The van der Waals surface area contributed by atoms with Crippen molar-refractivity contribution in [1.29, 1.82) is 5.26 Å². The SMILES string of the molecule is N#Cc1ccc([S+]([O-])N2CCC3=CC(=Nc4ccc(F)cc4)C(=CN)CC3(C(=O)c3ccccn3)C2)cc1. The Morgan fingerprint density at radius 1 is 1.18 bits per heavy atom. The number of fused-ring (bicyclic) bond motifs is 1. The van der Waals surface area contributed by atoms with E-state index in [-0.39, 0.29) is 24.6 Å². The predicted octanol–water partition coefficient (Wildman–Crippen LogP) is 4.64. The summed E-state index contributed by atoms with van der Waals surface area (Å²) in [5.74, 6) is -0.529. The molecule has 1 aliphatic carbocycles. The first-order valence-corrected chi connectivity index (χ1v) is 13.1. The number of hydrogen-bond acceptors (Lipinski definition) is 7. The maximum atomic E-state index is 14.1. The van der Waals surface area contributed by atoms with Crippen molar-refractivity contribution in [3.63, 3.8) is 0 Å². The summed E-state index contributed by atoms with van der Waals surface area (Å²) in [5, 5.41) is 9.10. The largest absolute Gasteiger partial charge is 0.593 e. The van der Waals surface area contributed by atoms with Gasteiger partial charge in [-0.2, -0.15) is 5.26 Å². The topological polar surface area (TPSA) is 118 Å². The Balaban J connectivity index is 1.56. The third-order valence-electron chi connectivity index (χ3n) is 6.85. The smallest absolute Gasteiger partial charge is 0.193 e. The highest BCUT2D eigenvalue weighted by Crippen LogP contribution is 2.47. The van der Waals surface area contributed by atoms with Crippen LogP contribution in [0, 0.1) is 22.6 Å². The Morgan fingerprint density at radius 2 is 1.95 bits per heavy atom. The number of hydrogen-bond donors (Lipinski definition) is 1. The highest BCUT2D eigenvalue weighted by Gasteiger charge is 2.51. The lowest BCUT2D eigenvalue weighted by Crippen LogP contribution is -2.53. The number of allylic oxidation sites excluding steroid dienone is 2. The molecule has 0 saturated carbocycles. The lowest BCUT2D eigenvalue weighted by molar-refractivity contribution is 0.0770. The lowest BCUT2D eigenvalue weighted by Gasteiger charge is -2.45. The molecule has 2 aliphatic rings. The van der Waals surface area contributed by atoms with E-state index in [4.69, 9.17) is 11.0 Å². The standard InChI is InChI=1S/C29H24FN5O2S/c30-23-6-8-24(9-7-23)34-27-15-22-12-14-35(38(37)25-10-4-20(17-31)5-11-25)19-29(22,16-21(27)18-32)28(36)26-3-1-2-13-33-26/h1-11,13,15,18H,12,14,16,19,32H2. The quantitative estimate of drug-likeness (QED) is 0.383. The fourth-order valence-electron chi connectivity index (χ4n) is 4.90. The maximum Gasteiger partial charge on any atom is 0.193 e. The van der Waals surface area contributed by atoms with Gasteiger partial charge in [-0.25, -0.2) is 9.38 Å². The Kier molecular flexibility index (Phi) is 7.20. The number of aliphatic imine (C=N–C) groups is 1. The first-order chi connectivity index (χ1) is 18.4. The molecule has 38 heavy (non-hydrogen) atoms. The number of nitriles is 1. The van der Waals surface area contributed by atoms with Crippen molar-refractivity contribution in [3.05, 3.63) is 113 Å². The van der Waals surface area contributed by atoms with E-state index in [1.54, 1.807) is 65.1 Å². The molecule has 2 unspecified atom stereocenters. The van der Waals surface area contributed by atoms with Crippen molar-refractivity contribution >= 4 is 28.5 Å². The molecule has 0 spiro atoms. The molecule has 0 amide bonds. The third kappa shape index (κ3) is 4.89. The Labute approximate surface area is 223 Å². The number of benzene rings is 2. The zero-order valence-electron chi connectivity index (χ0n) is 20.4. The van der Waals surface area contributed by atoms with Crippen LogP contribution < -0.4 is 5.73 Å². The molecule has 2 N–H and O–H groups in total. The van der Waals surface area contributed by atoms with Gasteiger partial charge in [0.05, 0.1) is 46.4 Å². The minimum Gasteiger partial charge on any atom is -0.593 e. The normalized spacial score (nSPS) is 22.4. The summed E-state index contributed by atoms with van der Waals surface area (Å²) in [4.78, 5) is 23.6. The summed E-state index contributed by atoms with van der Waals surface area (Å²) in [6.45, 7) is 0.656.